The van der Waals surface area contributed by atoms with E-state index in [1.807, 2.05) is 24.3 Å². The number of benzene rings is 1. The molecule has 1 aromatic rings. The first-order chi connectivity index (χ1) is 12.1. The van der Waals surface area contributed by atoms with Crippen molar-refractivity contribution in [3.05, 3.63) is 52.4 Å². The van der Waals surface area contributed by atoms with Crippen LogP contribution in [0.5, 0.6) is 0 Å². The van der Waals surface area contributed by atoms with Gasteiger partial charge in [0.15, 0.2) is 0 Å². The summed E-state index contributed by atoms with van der Waals surface area (Å²) in [6.45, 7) is 4.33. The highest BCUT2D eigenvalue weighted by Crippen LogP contribution is 2.38. The second-order valence-electron chi connectivity index (χ2n) is 6.74. The molecule has 2 aliphatic carbocycles. The Balaban J connectivity index is 0.000000213. The van der Waals surface area contributed by atoms with E-state index < -0.39 is 0 Å². The van der Waals surface area contributed by atoms with E-state index in [-0.39, 0.29) is 11.1 Å². The molecule has 1 aromatic carbocycles. The number of thioether (sulfide) groups is 1. The van der Waals surface area contributed by atoms with E-state index >= 15 is 0 Å². The summed E-state index contributed by atoms with van der Waals surface area (Å²) in [7, 11) is 0. The number of fused-ring (bicyclic) bond motifs is 2. The number of hydrogen-bond donors (Lipinski definition) is 0. The molecule has 1 aliphatic heterocycles. The molecule has 2 atom stereocenters. The van der Waals surface area contributed by atoms with Gasteiger partial charge < -0.3 is 0 Å². The second-order valence-corrected chi connectivity index (χ2v) is 7.73. The molecule has 0 N–H and O–H groups in total. The Morgan fingerprint density at radius 2 is 1.72 bits per heavy atom. The third kappa shape index (κ3) is 4.24. The van der Waals surface area contributed by atoms with Gasteiger partial charge in [-0.05, 0) is 73.4 Å². The maximum absolute atomic E-state index is 11.9. The average Bonchev–Trinajstić information content (AvgIpc) is 3.34. The van der Waals surface area contributed by atoms with E-state index in [0.29, 0.717) is 11.4 Å². The van der Waals surface area contributed by atoms with E-state index in [4.69, 9.17) is 0 Å². The monoisotopic (exact) mass is 355 g/mol. The van der Waals surface area contributed by atoms with Gasteiger partial charge in [-0.1, -0.05) is 43.3 Å². The number of likely N-dealkylation sites (N-methyl/N-ethyl adjacent to an activating group) is 1. The fourth-order valence-corrected chi connectivity index (χ4v) is 4.39. The van der Waals surface area contributed by atoms with Crippen LogP contribution in [0.4, 0.5) is 4.79 Å². The van der Waals surface area contributed by atoms with Crippen LogP contribution >= 0.6 is 11.8 Å². The number of rotatable bonds is 3. The number of amides is 2. The first kappa shape index (κ1) is 18.0. The van der Waals surface area contributed by atoms with Crippen LogP contribution in [-0.4, -0.2) is 22.6 Å². The molecule has 1 saturated carbocycles. The largest absolute Gasteiger partial charge is 0.293 e. The highest BCUT2D eigenvalue weighted by molar-refractivity contribution is 8.18. The van der Waals surface area contributed by atoms with Gasteiger partial charge in [0.25, 0.3) is 11.1 Å². The molecule has 3 aliphatic rings. The zero-order valence-corrected chi connectivity index (χ0v) is 15.7. The molecule has 2 amide bonds. The molecule has 2 bridgehead atoms. The molecule has 4 heteroatoms. The van der Waals surface area contributed by atoms with Crippen molar-refractivity contribution in [2.45, 2.75) is 39.5 Å². The van der Waals surface area contributed by atoms with Crippen LogP contribution in [0.2, 0.25) is 0 Å². The minimum atomic E-state index is -0.188. The van der Waals surface area contributed by atoms with Crippen LogP contribution in [-0.2, 0) is 11.2 Å². The number of aryl methyl sites for hydroxylation is 1. The van der Waals surface area contributed by atoms with Crippen LogP contribution in [0.1, 0.15) is 44.2 Å². The van der Waals surface area contributed by atoms with Crippen molar-refractivity contribution in [3.8, 4) is 0 Å². The van der Waals surface area contributed by atoms with Crippen LogP contribution in [0, 0.1) is 11.8 Å². The lowest BCUT2D eigenvalue weighted by molar-refractivity contribution is -0.122. The maximum Gasteiger partial charge on any atom is 0.293 e. The maximum atomic E-state index is 11.9. The fraction of sp³-hybridized carbons (Fsp3) is 0.429. The molecule has 1 saturated heterocycles. The molecule has 0 spiro atoms. The smallest absolute Gasteiger partial charge is 0.269 e. The van der Waals surface area contributed by atoms with E-state index in [1.54, 1.807) is 13.0 Å². The highest BCUT2D eigenvalue weighted by Gasteiger charge is 2.33. The van der Waals surface area contributed by atoms with Crippen LogP contribution in [0.3, 0.4) is 0 Å². The Morgan fingerprint density at radius 1 is 1.08 bits per heavy atom. The van der Waals surface area contributed by atoms with Crippen molar-refractivity contribution in [2.24, 2.45) is 11.8 Å². The Hall–Kier alpha value is -1.81. The summed E-state index contributed by atoms with van der Waals surface area (Å²) in [5.74, 6) is 1.79. The van der Waals surface area contributed by atoms with E-state index in [1.165, 1.54) is 29.7 Å². The molecular formula is C21H25NO2S. The number of carbonyl (C=O) groups is 2. The summed E-state index contributed by atoms with van der Waals surface area (Å²) < 4.78 is 0. The molecule has 2 fully saturated rings. The predicted octanol–water partition coefficient (Wildman–Crippen LogP) is 5.28. The third-order valence-corrected chi connectivity index (χ3v) is 5.95. The minimum Gasteiger partial charge on any atom is -0.269 e. The van der Waals surface area contributed by atoms with E-state index in [9.17, 15) is 9.59 Å². The van der Waals surface area contributed by atoms with Gasteiger partial charge in [-0.15, -0.1) is 0 Å². The zero-order chi connectivity index (χ0) is 17.8. The highest BCUT2D eigenvalue weighted by atomic mass is 32.2. The SMILES string of the molecule is C1=C[C@@H]2CCC1C2.CCc1ccc(/C=C2\SC(=O)N(CC)C2=O)cc1. The van der Waals surface area contributed by atoms with E-state index in [0.717, 1.165) is 35.6 Å². The summed E-state index contributed by atoms with van der Waals surface area (Å²) in [4.78, 5) is 25.2. The Labute approximate surface area is 154 Å². The van der Waals surface area contributed by atoms with Crippen molar-refractivity contribution in [2.75, 3.05) is 6.54 Å². The van der Waals surface area contributed by atoms with Gasteiger partial charge >= 0.3 is 0 Å². The lowest BCUT2D eigenvalue weighted by Gasteiger charge is -2.06. The Bertz CT molecular complexity index is 693. The van der Waals surface area contributed by atoms with Gasteiger partial charge in [0.1, 0.15) is 0 Å². The van der Waals surface area contributed by atoms with Crippen molar-refractivity contribution in [1.82, 2.24) is 4.90 Å². The summed E-state index contributed by atoms with van der Waals surface area (Å²) in [6, 6.07) is 8.02. The molecule has 0 aromatic heterocycles. The van der Waals surface area contributed by atoms with Gasteiger partial charge in [-0.25, -0.2) is 0 Å². The molecule has 132 valence electrons. The van der Waals surface area contributed by atoms with Gasteiger partial charge in [0.2, 0.25) is 0 Å². The number of imide groups is 1. The van der Waals surface area contributed by atoms with E-state index in [2.05, 4.69) is 19.1 Å². The minimum absolute atomic E-state index is 0.182. The number of nitrogens with zero attached hydrogens (tertiary/aromatic N) is 1. The van der Waals surface area contributed by atoms with Crippen molar-refractivity contribution in [3.63, 3.8) is 0 Å². The number of allylic oxidation sites excluding steroid dienone is 2. The lowest BCUT2D eigenvalue weighted by Crippen LogP contribution is -2.27. The van der Waals surface area contributed by atoms with Gasteiger partial charge in [-0.2, -0.15) is 0 Å². The summed E-state index contributed by atoms with van der Waals surface area (Å²) in [5, 5.41) is -0.182. The molecule has 3 nitrogen and oxygen atoms in total. The van der Waals surface area contributed by atoms with Gasteiger partial charge in [0, 0.05) is 6.54 Å². The molecule has 1 unspecified atom stereocenters. The molecule has 25 heavy (non-hydrogen) atoms. The molecule has 4 rings (SSSR count). The van der Waals surface area contributed by atoms with Crippen LogP contribution in [0.25, 0.3) is 6.08 Å². The van der Waals surface area contributed by atoms with Crippen molar-refractivity contribution >= 4 is 29.0 Å². The quantitative estimate of drug-likeness (QED) is 0.547. The number of carbonyl (C=O) groups excluding carboxylic acids is 2. The lowest BCUT2D eigenvalue weighted by atomic mass is 10.1. The second kappa shape index (κ2) is 8.05. The first-order valence-electron chi connectivity index (χ1n) is 9.13. The first-order valence-corrected chi connectivity index (χ1v) is 9.95. The van der Waals surface area contributed by atoms with Gasteiger partial charge in [-0.3, -0.25) is 14.5 Å². The zero-order valence-electron chi connectivity index (χ0n) is 14.9. The molecular weight excluding hydrogens is 330 g/mol. The molecule has 1 heterocycles. The Morgan fingerprint density at radius 3 is 2.12 bits per heavy atom. The average molecular weight is 356 g/mol. The summed E-state index contributed by atoms with van der Waals surface area (Å²) >= 11 is 1.01. The van der Waals surface area contributed by atoms with Crippen molar-refractivity contribution in [1.29, 1.82) is 0 Å². The number of hydrogen-bond acceptors (Lipinski definition) is 3. The summed E-state index contributed by atoms with van der Waals surface area (Å²) in [5.41, 5.74) is 2.21. The van der Waals surface area contributed by atoms with Crippen LogP contribution in [0.15, 0.2) is 41.3 Å². The third-order valence-electron chi connectivity index (χ3n) is 5.04. The summed E-state index contributed by atoms with van der Waals surface area (Å²) in [6.07, 6.45) is 12.0. The Kier molecular flexibility index (Phi) is 5.79. The predicted molar refractivity (Wildman–Crippen MR) is 104 cm³/mol. The van der Waals surface area contributed by atoms with Gasteiger partial charge in [0.05, 0.1) is 4.91 Å². The topological polar surface area (TPSA) is 37.4 Å². The standard InChI is InChI=1S/C14H15NO2S.C7H10/c1-3-10-5-7-11(8-6-10)9-12-13(16)15(4-2)14(17)18-12;1-2-7-4-3-6(1)5-7/h5-9H,3-4H2,1-2H3;1-2,6-7H,3-5H2/b12-9-;/t;6-,7?/m.1/s1. The van der Waals surface area contributed by atoms with Crippen molar-refractivity contribution < 1.29 is 9.59 Å². The van der Waals surface area contributed by atoms with Crippen LogP contribution < -0.4 is 0 Å². The normalized spacial score (nSPS) is 25.7. The molecule has 0 radical (unpaired) electrons. The fourth-order valence-electron chi connectivity index (χ4n) is 3.49.